The molecule has 0 amide bonds. The van der Waals surface area contributed by atoms with E-state index in [9.17, 15) is 21.6 Å². The Morgan fingerprint density at radius 2 is 1.94 bits per heavy atom. The van der Waals surface area contributed by atoms with Crippen molar-refractivity contribution >= 4 is 16.1 Å². The number of anilines is 1. The van der Waals surface area contributed by atoms with Gasteiger partial charge in [-0.3, -0.25) is 0 Å². The second-order valence-corrected chi connectivity index (χ2v) is 3.80. The van der Waals surface area contributed by atoms with Gasteiger partial charge in [-0.2, -0.15) is 8.42 Å². The Labute approximate surface area is 87.4 Å². The largest absolute Gasteiger partial charge is 0.440 e. The lowest BCUT2D eigenvalue weighted by Crippen LogP contribution is -2.29. The Hall–Kier alpha value is -1.36. The maximum atomic E-state index is 13.1. The summed E-state index contributed by atoms with van der Waals surface area (Å²) in [6.07, 6.45) is 0. The molecule has 16 heavy (non-hydrogen) atoms. The summed E-state index contributed by atoms with van der Waals surface area (Å²) in [6.45, 7) is 0. The van der Waals surface area contributed by atoms with Crippen molar-refractivity contribution in [1.29, 1.82) is 0 Å². The van der Waals surface area contributed by atoms with Crippen molar-refractivity contribution in [2.24, 2.45) is 0 Å². The zero-order valence-electron chi connectivity index (χ0n) is 7.28. The number of hydrazine groups is 1. The number of benzene rings is 1. The molecule has 88 valence electrons. The summed E-state index contributed by atoms with van der Waals surface area (Å²) >= 11 is 0. The summed E-state index contributed by atoms with van der Waals surface area (Å²) in [6, 6.07) is 0.819. The second-order valence-electron chi connectivity index (χ2n) is 2.67. The monoisotopic (exact) mass is 256 g/mol. The van der Waals surface area contributed by atoms with Crippen LogP contribution in [0.15, 0.2) is 12.1 Å². The maximum absolute atomic E-state index is 13.1. The van der Waals surface area contributed by atoms with Gasteiger partial charge in [-0.1, -0.05) is 5.59 Å². The fourth-order valence-corrected chi connectivity index (χ4v) is 1.46. The van der Waals surface area contributed by atoms with Gasteiger partial charge in [-0.25, -0.2) is 13.2 Å². The van der Waals surface area contributed by atoms with Gasteiger partial charge in [-0.15, -0.1) is 13.7 Å². The van der Waals surface area contributed by atoms with Crippen LogP contribution in [0.5, 0.6) is 0 Å². The first-order valence-corrected chi connectivity index (χ1v) is 5.06. The van der Waals surface area contributed by atoms with Gasteiger partial charge >= 0.3 is 10.4 Å². The first-order chi connectivity index (χ1) is 7.39. The van der Waals surface area contributed by atoms with Gasteiger partial charge in [0.2, 0.25) is 0 Å². The van der Waals surface area contributed by atoms with Gasteiger partial charge < -0.3 is 0 Å². The van der Waals surface area contributed by atoms with E-state index in [-0.39, 0.29) is 5.17 Å². The smallest absolute Gasteiger partial charge is 0.207 e. The third kappa shape index (κ3) is 1.95. The Bertz CT molecular complexity index is 535. The first kappa shape index (κ1) is 11.1. The molecule has 1 fully saturated rings. The molecule has 0 aliphatic carbocycles. The quantitative estimate of drug-likeness (QED) is 0.739. The standard InChI is InChI=1S/C6H3F3N2O4S/c7-3-1-4(8)6(9)5(2-3)11-10-14-16(12,13)15-11/h1-2,10H. The Balaban J connectivity index is 2.42. The third-order valence-electron chi connectivity index (χ3n) is 1.58. The van der Waals surface area contributed by atoms with Crippen molar-refractivity contribution in [3.05, 3.63) is 29.6 Å². The van der Waals surface area contributed by atoms with Crippen molar-refractivity contribution in [3.8, 4) is 0 Å². The van der Waals surface area contributed by atoms with Crippen LogP contribution in [-0.4, -0.2) is 8.42 Å². The molecule has 0 aromatic heterocycles. The zero-order valence-corrected chi connectivity index (χ0v) is 8.09. The highest BCUT2D eigenvalue weighted by atomic mass is 32.3. The van der Waals surface area contributed by atoms with E-state index in [1.807, 2.05) is 0 Å². The van der Waals surface area contributed by atoms with Crippen LogP contribution in [0.4, 0.5) is 18.9 Å². The molecule has 6 nitrogen and oxygen atoms in total. The zero-order chi connectivity index (χ0) is 11.9. The Morgan fingerprint density at radius 1 is 1.25 bits per heavy atom. The summed E-state index contributed by atoms with van der Waals surface area (Å²) in [4.78, 5) is 0. The van der Waals surface area contributed by atoms with E-state index in [4.69, 9.17) is 0 Å². The van der Waals surface area contributed by atoms with E-state index in [2.05, 4.69) is 8.57 Å². The molecule has 1 aromatic rings. The molecule has 1 aliphatic heterocycles. The first-order valence-electron chi connectivity index (χ1n) is 3.72. The van der Waals surface area contributed by atoms with Crippen molar-refractivity contribution in [1.82, 2.24) is 5.59 Å². The van der Waals surface area contributed by atoms with E-state index in [1.165, 1.54) is 0 Å². The highest BCUT2D eigenvalue weighted by Crippen LogP contribution is 2.25. The number of hydrogen-bond donors (Lipinski definition) is 1. The van der Waals surface area contributed by atoms with Crippen LogP contribution in [0.25, 0.3) is 0 Å². The van der Waals surface area contributed by atoms with Gasteiger partial charge in [0.15, 0.2) is 11.6 Å². The average Bonchev–Trinajstić information content (AvgIpc) is 2.52. The Kier molecular flexibility index (Phi) is 2.50. The minimum Gasteiger partial charge on any atom is -0.207 e. The molecular formula is C6H3F3N2O4S. The predicted molar refractivity (Wildman–Crippen MR) is 43.0 cm³/mol. The molecule has 0 spiro atoms. The van der Waals surface area contributed by atoms with Crippen LogP contribution in [0.3, 0.4) is 0 Å². The number of rotatable bonds is 1. The topological polar surface area (TPSA) is 67.9 Å². The fraction of sp³-hybridized carbons (Fsp3) is 0. The van der Waals surface area contributed by atoms with Gasteiger partial charge in [0, 0.05) is 12.1 Å². The SMILES string of the molecule is O=S1(=O)ONN(c2cc(F)cc(F)c2F)O1. The minimum absolute atomic E-state index is 0.136. The molecule has 0 radical (unpaired) electrons. The van der Waals surface area contributed by atoms with E-state index < -0.39 is 33.5 Å². The van der Waals surface area contributed by atoms with Crippen LogP contribution in [0, 0.1) is 17.5 Å². The van der Waals surface area contributed by atoms with Gasteiger partial charge in [0.25, 0.3) is 0 Å². The van der Waals surface area contributed by atoms with E-state index in [1.54, 1.807) is 5.59 Å². The molecule has 1 aromatic carbocycles. The fourth-order valence-electron chi connectivity index (χ4n) is 0.981. The lowest BCUT2D eigenvalue weighted by Gasteiger charge is -2.12. The molecule has 0 atom stereocenters. The summed E-state index contributed by atoms with van der Waals surface area (Å²) < 4.78 is 67.8. The molecule has 10 heteroatoms. The van der Waals surface area contributed by atoms with Crippen LogP contribution < -0.4 is 10.8 Å². The van der Waals surface area contributed by atoms with Crippen LogP contribution >= 0.6 is 0 Å². The summed E-state index contributed by atoms with van der Waals surface area (Å²) in [5.41, 5.74) is 0.801. The highest BCUT2D eigenvalue weighted by Gasteiger charge is 2.32. The average molecular weight is 256 g/mol. The predicted octanol–water partition coefficient (Wildman–Crippen LogP) is 0.536. The summed E-state index contributed by atoms with van der Waals surface area (Å²) in [7, 11) is -4.38. The lowest BCUT2D eigenvalue weighted by atomic mass is 10.3. The molecule has 1 N–H and O–H groups in total. The molecule has 1 saturated heterocycles. The molecule has 0 unspecified atom stereocenters. The van der Waals surface area contributed by atoms with Crippen molar-refractivity contribution < 1.29 is 30.2 Å². The molecule has 0 saturated carbocycles. The van der Waals surface area contributed by atoms with Crippen LogP contribution in [-0.2, 0) is 19.0 Å². The summed E-state index contributed by atoms with van der Waals surface area (Å²) in [5, 5.41) is 0.136. The van der Waals surface area contributed by atoms with Gasteiger partial charge in [0.05, 0.1) is 0 Å². The normalized spacial score (nSPS) is 19.1. The van der Waals surface area contributed by atoms with Gasteiger partial charge in [-0.05, 0) is 0 Å². The Morgan fingerprint density at radius 3 is 2.50 bits per heavy atom. The lowest BCUT2D eigenvalue weighted by molar-refractivity contribution is 0.195. The molecule has 0 bridgehead atoms. The van der Waals surface area contributed by atoms with E-state index in [0.717, 1.165) is 0 Å². The van der Waals surface area contributed by atoms with Crippen molar-refractivity contribution in [3.63, 3.8) is 0 Å². The van der Waals surface area contributed by atoms with Crippen LogP contribution in [0.1, 0.15) is 0 Å². The van der Waals surface area contributed by atoms with E-state index in [0.29, 0.717) is 12.1 Å². The molecule has 2 rings (SSSR count). The maximum Gasteiger partial charge on any atom is 0.440 e. The number of hydrogen-bond acceptors (Lipinski definition) is 6. The number of halogens is 3. The number of nitrogens with zero attached hydrogens (tertiary/aromatic N) is 1. The third-order valence-corrected chi connectivity index (χ3v) is 2.19. The van der Waals surface area contributed by atoms with Crippen LogP contribution in [0.2, 0.25) is 0 Å². The van der Waals surface area contributed by atoms with E-state index >= 15 is 0 Å². The highest BCUT2D eigenvalue weighted by molar-refractivity contribution is 7.82. The molecular weight excluding hydrogens is 253 g/mol. The van der Waals surface area contributed by atoms with Crippen molar-refractivity contribution in [2.45, 2.75) is 0 Å². The molecule has 1 heterocycles. The van der Waals surface area contributed by atoms with Gasteiger partial charge in [0.1, 0.15) is 11.5 Å². The number of nitrogens with one attached hydrogen (secondary N) is 1. The minimum atomic E-state index is -4.38. The molecule has 1 aliphatic rings. The summed E-state index contributed by atoms with van der Waals surface area (Å²) in [5.74, 6) is -4.09. The van der Waals surface area contributed by atoms with Crippen molar-refractivity contribution in [2.75, 3.05) is 5.17 Å². The second kappa shape index (κ2) is 3.59.